The van der Waals surface area contributed by atoms with Crippen LogP contribution in [0.15, 0.2) is 11.0 Å². The molecule has 2 rings (SSSR count). The van der Waals surface area contributed by atoms with Gasteiger partial charge in [0.2, 0.25) is 0 Å². The number of carboxylic acid groups (broad SMARTS) is 1. The molecule has 0 unspecified atom stereocenters. The van der Waals surface area contributed by atoms with Gasteiger partial charge in [-0.3, -0.25) is 9.69 Å². The number of rotatable bonds is 4. The molecule has 1 fully saturated rings. The first-order chi connectivity index (χ1) is 9.85. The van der Waals surface area contributed by atoms with E-state index < -0.39 is 12.5 Å². The zero-order valence-corrected chi connectivity index (χ0v) is 13.6. The maximum absolute atomic E-state index is 12.2. The van der Waals surface area contributed by atoms with Crippen molar-refractivity contribution in [2.24, 2.45) is 0 Å². The van der Waals surface area contributed by atoms with Crippen molar-refractivity contribution in [2.75, 3.05) is 6.54 Å². The van der Waals surface area contributed by atoms with Crippen LogP contribution in [0.4, 0.5) is 0 Å². The van der Waals surface area contributed by atoms with Crippen molar-refractivity contribution in [1.82, 2.24) is 9.47 Å². The van der Waals surface area contributed by atoms with Gasteiger partial charge in [-0.05, 0) is 38.5 Å². The van der Waals surface area contributed by atoms with Gasteiger partial charge in [0.25, 0.3) is 5.91 Å². The second-order valence-corrected chi connectivity index (χ2v) is 6.39. The number of nitrogens with zero attached hydrogens (tertiary/aromatic N) is 2. The highest BCUT2D eigenvalue weighted by Gasteiger charge is 2.32. The van der Waals surface area contributed by atoms with Crippen LogP contribution in [0.3, 0.4) is 0 Å². The third-order valence-electron chi connectivity index (χ3n) is 3.38. The molecule has 2 heterocycles. The number of hydrogen-bond acceptors (Lipinski definition) is 5. The van der Waals surface area contributed by atoms with Gasteiger partial charge in [-0.15, -0.1) is 0 Å². The van der Waals surface area contributed by atoms with E-state index in [1.165, 1.54) is 0 Å². The summed E-state index contributed by atoms with van der Waals surface area (Å²) in [6.07, 6.45) is 1.77. The Hall–Kier alpha value is -1.60. The van der Waals surface area contributed by atoms with Gasteiger partial charge in [0.1, 0.15) is 4.32 Å². The number of amides is 1. The van der Waals surface area contributed by atoms with Gasteiger partial charge in [0.15, 0.2) is 0 Å². The summed E-state index contributed by atoms with van der Waals surface area (Å²) in [5.41, 5.74) is 3.13. The fourth-order valence-corrected chi connectivity index (χ4v) is 3.61. The molecule has 0 N–H and O–H groups in total. The lowest BCUT2D eigenvalue weighted by Crippen LogP contribution is -2.40. The molecule has 1 amide bonds. The van der Waals surface area contributed by atoms with Crippen molar-refractivity contribution in [2.45, 2.75) is 27.3 Å². The van der Waals surface area contributed by atoms with Gasteiger partial charge >= 0.3 is 0 Å². The van der Waals surface area contributed by atoms with Gasteiger partial charge in [-0.25, -0.2) is 0 Å². The Bertz CT molecular complexity index is 661. The SMILES string of the molecule is CCn1c(C)cc(/C=C2/SC(=S)N(CC(=O)[O-])C2=O)c1C. The van der Waals surface area contributed by atoms with E-state index in [4.69, 9.17) is 12.2 Å². The highest BCUT2D eigenvalue weighted by Crippen LogP contribution is 2.33. The van der Waals surface area contributed by atoms with Gasteiger partial charge < -0.3 is 14.5 Å². The van der Waals surface area contributed by atoms with Crippen LogP contribution in [0, 0.1) is 13.8 Å². The number of aromatic nitrogens is 1. The number of carboxylic acids is 1. The number of carbonyl (C=O) groups excluding carboxylic acids is 2. The minimum atomic E-state index is -1.32. The van der Waals surface area contributed by atoms with Crippen LogP contribution in [0.1, 0.15) is 23.9 Å². The summed E-state index contributed by atoms with van der Waals surface area (Å²) < 4.78 is 2.40. The maximum Gasteiger partial charge on any atom is 0.266 e. The lowest BCUT2D eigenvalue weighted by Gasteiger charge is -2.14. The van der Waals surface area contributed by atoms with E-state index in [1.807, 2.05) is 19.9 Å². The average molecular weight is 323 g/mol. The summed E-state index contributed by atoms with van der Waals surface area (Å²) in [4.78, 5) is 24.3. The number of aryl methyl sites for hydroxylation is 1. The monoisotopic (exact) mass is 323 g/mol. The summed E-state index contributed by atoms with van der Waals surface area (Å²) in [7, 11) is 0. The molecule has 0 bridgehead atoms. The van der Waals surface area contributed by atoms with Crippen molar-refractivity contribution in [1.29, 1.82) is 0 Å². The first-order valence-corrected chi connectivity index (χ1v) is 7.69. The summed E-state index contributed by atoms with van der Waals surface area (Å²) in [6.45, 7) is 6.41. The fraction of sp³-hybridized carbons (Fsp3) is 0.357. The molecule has 21 heavy (non-hydrogen) atoms. The van der Waals surface area contributed by atoms with Crippen LogP contribution in [0.2, 0.25) is 0 Å². The number of carbonyl (C=O) groups is 2. The van der Waals surface area contributed by atoms with Crippen molar-refractivity contribution in [3.63, 3.8) is 0 Å². The Labute approximate surface area is 132 Å². The molecule has 0 aromatic carbocycles. The molecule has 0 spiro atoms. The zero-order chi connectivity index (χ0) is 15.7. The second-order valence-electron chi connectivity index (χ2n) is 4.71. The molecule has 1 aromatic heterocycles. The minimum Gasteiger partial charge on any atom is -0.548 e. The van der Waals surface area contributed by atoms with Gasteiger partial charge in [-0.2, -0.15) is 0 Å². The number of hydrogen-bond donors (Lipinski definition) is 0. The molecule has 0 radical (unpaired) electrons. The fourth-order valence-electron chi connectivity index (χ4n) is 2.37. The quantitative estimate of drug-likeness (QED) is 0.613. The highest BCUT2D eigenvalue weighted by atomic mass is 32.2. The lowest BCUT2D eigenvalue weighted by atomic mass is 10.2. The molecule has 0 atom stereocenters. The molecule has 1 aliphatic heterocycles. The van der Waals surface area contributed by atoms with Crippen molar-refractivity contribution in [3.8, 4) is 0 Å². The van der Waals surface area contributed by atoms with Crippen LogP contribution in [0.5, 0.6) is 0 Å². The Morgan fingerprint density at radius 2 is 2.14 bits per heavy atom. The van der Waals surface area contributed by atoms with E-state index in [0.29, 0.717) is 4.91 Å². The summed E-state index contributed by atoms with van der Waals surface area (Å²) in [6, 6.07) is 2.00. The topological polar surface area (TPSA) is 65.4 Å². The maximum atomic E-state index is 12.2. The Morgan fingerprint density at radius 3 is 2.67 bits per heavy atom. The molecule has 0 saturated carbocycles. The predicted octanol–water partition coefficient (Wildman–Crippen LogP) is 1.08. The first kappa shape index (κ1) is 15.8. The van der Waals surface area contributed by atoms with E-state index in [2.05, 4.69) is 11.5 Å². The second kappa shape index (κ2) is 6.03. The van der Waals surface area contributed by atoms with Crippen molar-refractivity contribution < 1.29 is 14.7 Å². The molecule has 112 valence electrons. The number of thiocarbonyl (C=S) groups is 1. The summed E-state index contributed by atoms with van der Waals surface area (Å²) in [5.74, 6) is -1.70. The predicted molar refractivity (Wildman–Crippen MR) is 84.5 cm³/mol. The van der Waals surface area contributed by atoms with Crippen LogP contribution in [-0.2, 0) is 16.1 Å². The van der Waals surface area contributed by atoms with Gasteiger partial charge in [0, 0.05) is 17.9 Å². The van der Waals surface area contributed by atoms with E-state index >= 15 is 0 Å². The molecule has 5 nitrogen and oxygen atoms in total. The Balaban J connectivity index is 2.33. The van der Waals surface area contributed by atoms with Crippen LogP contribution in [-0.4, -0.2) is 32.2 Å². The number of aliphatic carboxylic acids is 1. The largest absolute Gasteiger partial charge is 0.548 e. The average Bonchev–Trinajstić information content (AvgIpc) is 2.81. The zero-order valence-electron chi connectivity index (χ0n) is 12.0. The van der Waals surface area contributed by atoms with E-state index in [9.17, 15) is 14.7 Å². The lowest BCUT2D eigenvalue weighted by molar-refractivity contribution is -0.305. The van der Waals surface area contributed by atoms with Crippen LogP contribution in [0.25, 0.3) is 6.08 Å². The third-order valence-corrected chi connectivity index (χ3v) is 4.75. The molecular weight excluding hydrogens is 308 g/mol. The van der Waals surface area contributed by atoms with Gasteiger partial charge in [0.05, 0.1) is 17.4 Å². The van der Waals surface area contributed by atoms with Crippen molar-refractivity contribution in [3.05, 3.63) is 27.9 Å². The Morgan fingerprint density at radius 1 is 1.48 bits per heavy atom. The molecular formula is C14H15N2O3S2-. The summed E-state index contributed by atoms with van der Waals surface area (Å²) in [5, 5.41) is 10.7. The van der Waals surface area contributed by atoms with E-state index in [1.54, 1.807) is 6.08 Å². The smallest absolute Gasteiger partial charge is 0.266 e. The van der Waals surface area contributed by atoms with Gasteiger partial charge in [-0.1, -0.05) is 24.0 Å². The standard InChI is InChI=1S/C14H16N2O3S2/c1-4-15-8(2)5-10(9(15)3)6-11-13(19)16(7-12(17)18)14(20)21-11/h5-6H,4,7H2,1-3H3,(H,17,18)/p-1/b11-6+. The first-order valence-electron chi connectivity index (χ1n) is 6.47. The number of thioether (sulfide) groups is 1. The molecule has 7 heteroatoms. The molecule has 1 saturated heterocycles. The molecule has 1 aliphatic rings. The molecule has 1 aromatic rings. The Kier molecular flexibility index (Phi) is 4.53. The van der Waals surface area contributed by atoms with Crippen molar-refractivity contribution >= 4 is 46.3 Å². The third kappa shape index (κ3) is 3.03. The highest BCUT2D eigenvalue weighted by molar-refractivity contribution is 8.26. The van der Waals surface area contributed by atoms with E-state index in [0.717, 1.165) is 40.2 Å². The summed E-state index contributed by atoms with van der Waals surface area (Å²) >= 11 is 6.17. The minimum absolute atomic E-state index is 0.250. The van der Waals surface area contributed by atoms with E-state index in [-0.39, 0.29) is 10.2 Å². The molecule has 0 aliphatic carbocycles. The van der Waals surface area contributed by atoms with Crippen LogP contribution < -0.4 is 5.11 Å². The van der Waals surface area contributed by atoms with Crippen LogP contribution >= 0.6 is 24.0 Å². The normalized spacial score (nSPS) is 17.1.